The summed E-state index contributed by atoms with van der Waals surface area (Å²) in [4.78, 5) is 37.3. The number of hydrogen-bond acceptors (Lipinski definition) is 4. The fourth-order valence-corrected chi connectivity index (χ4v) is 3.08. The molecule has 0 unspecified atom stereocenters. The van der Waals surface area contributed by atoms with Gasteiger partial charge < -0.3 is 20.3 Å². The number of fused-ring (bicyclic) bond motifs is 1. The third-order valence-corrected chi connectivity index (χ3v) is 4.38. The smallest absolute Gasteiger partial charge is 0.262 e. The summed E-state index contributed by atoms with van der Waals surface area (Å²) < 4.78 is 5.29. The lowest BCUT2D eigenvalue weighted by atomic mass is 10.1. The summed E-state index contributed by atoms with van der Waals surface area (Å²) in [7, 11) is 0. The van der Waals surface area contributed by atoms with Crippen LogP contribution < -0.4 is 20.3 Å². The van der Waals surface area contributed by atoms with Crippen molar-refractivity contribution < 1.29 is 19.1 Å². The van der Waals surface area contributed by atoms with Crippen LogP contribution in [0.1, 0.15) is 23.2 Å². The second-order valence-electron chi connectivity index (χ2n) is 6.20. The van der Waals surface area contributed by atoms with E-state index in [9.17, 15) is 14.4 Å². The van der Waals surface area contributed by atoms with Crippen LogP contribution in [0, 0.1) is 0 Å². The molecule has 0 radical (unpaired) electrons. The Kier molecular flexibility index (Phi) is 4.04. The van der Waals surface area contributed by atoms with E-state index in [1.165, 1.54) is 0 Å². The number of carbonyl (C=O) groups is 3. The van der Waals surface area contributed by atoms with Gasteiger partial charge in [0.15, 0.2) is 6.61 Å². The van der Waals surface area contributed by atoms with Crippen molar-refractivity contribution in [2.75, 3.05) is 28.7 Å². The molecule has 4 rings (SSSR count). The first-order valence-electron chi connectivity index (χ1n) is 8.39. The van der Waals surface area contributed by atoms with Gasteiger partial charge >= 0.3 is 0 Å². The Balaban J connectivity index is 1.47. The fraction of sp³-hybridized carbons (Fsp3) is 0.211. The van der Waals surface area contributed by atoms with Crippen molar-refractivity contribution in [2.45, 2.75) is 12.8 Å². The van der Waals surface area contributed by atoms with Gasteiger partial charge in [-0.05, 0) is 48.9 Å². The monoisotopic (exact) mass is 351 g/mol. The number of hydrogen-bond donors (Lipinski definition) is 2. The maximum atomic E-state index is 12.4. The number of nitrogens with one attached hydrogen (secondary N) is 2. The standard InChI is InChI=1S/C19H17N3O4/c23-17-11-26-16-8-5-13(10-15(16)21-17)20-19(25)12-3-6-14(7-4-12)22-9-1-2-18(22)24/h3-8,10H,1-2,9,11H2,(H,20,25)(H,21,23). The van der Waals surface area contributed by atoms with Crippen molar-refractivity contribution in [1.29, 1.82) is 0 Å². The second-order valence-corrected chi connectivity index (χ2v) is 6.20. The van der Waals surface area contributed by atoms with Gasteiger partial charge in [0.25, 0.3) is 11.8 Å². The first-order valence-corrected chi connectivity index (χ1v) is 8.39. The molecule has 0 atom stereocenters. The molecule has 2 aromatic rings. The molecule has 2 N–H and O–H groups in total. The molecule has 2 heterocycles. The average molecular weight is 351 g/mol. The van der Waals surface area contributed by atoms with Gasteiger partial charge in [-0.25, -0.2) is 0 Å². The van der Waals surface area contributed by atoms with Crippen LogP contribution in [0.4, 0.5) is 17.1 Å². The number of ether oxygens (including phenoxy) is 1. The van der Waals surface area contributed by atoms with Gasteiger partial charge in [0, 0.05) is 29.9 Å². The molecule has 0 aliphatic carbocycles. The lowest BCUT2D eigenvalue weighted by molar-refractivity contribution is -0.119. The maximum absolute atomic E-state index is 12.4. The number of carbonyl (C=O) groups excluding carboxylic acids is 3. The Hall–Kier alpha value is -3.35. The van der Waals surface area contributed by atoms with Crippen LogP contribution in [0.3, 0.4) is 0 Å². The van der Waals surface area contributed by atoms with E-state index in [4.69, 9.17) is 4.74 Å². The molecule has 0 spiro atoms. The Bertz CT molecular complexity index is 892. The van der Waals surface area contributed by atoms with Crippen molar-refractivity contribution >= 4 is 34.8 Å². The maximum Gasteiger partial charge on any atom is 0.262 e. The minimum absolute atomic E-state index is 0.00935. The number of amides is 3. The van der Waals surface area contributed by atoms with Gasteiger partial charge in [0.05, 0.1) is 5.69 Å². The molecule has 2 aliphatic heterocycles. The van der Waals surface area contributed by atoms with E-state index in [1.807, 2.05) is 0 Å². The molecular weight excluding hydrogens is 334 g/mol. The molecule has 7 heteroatoms. The van der Waals surface area contributed by atoms with Gasteiger partial charge in [-0.2, -0.15) is 0 Å². The van der Waals surface area contributed by atoms with Crippen LogP contribution >= 0.6 is 0 Å². The van der Waals surface area contributed by atoms with Crippen LogP contribution in [-0.2, 0) is 9.59 Å². The SMILES string of the molecule is O=C1COc2ccc(NC(=O)c3ccc(N4CCCC4=O)cc3)cc2N1. The van der Waals surface area contributed by atoms with Crippen LogP contribution in [0.5, 0.6) is 5.75 Å². The topological polar surface area (TPSA) is 87.7 Å². The summed E-state index contributed by atoms with van der Waals surface area (Å²) in [5, 5.41) is 5.50. The third kappa shape index (κ3) is 3.11. The van der Waals surface area contributed by atoms with E-state index in [2.05, 4.69) is 10.6 Å². The molecule has 1 saturated heterocycles. The summed E-state index contributed by atoms with van der Waals surface area (Å²) >= 11 is 0. The van der Waals surface area contributed by atoms with E-state index >= 15 is 0 Å². The third-order valence-electron chi connectivity index (χ3n) is 4.38. The molecule has 7 nitrogen and oxygen atoms in total. The van der Waals surface area contributed by atoms with Crippen molar-refractivity contribution in [3.63, 3.8) is 0 Å². The predicted octanol–water partition coefficient (Wildman–Crippen LogP) is 2.40. The summed E-state index contributed by atoms with van der Waals surface area (Å²) in [5.74, 6) is 0.183. The first-order chi connectivity index (χ1) is 12.6. The molecule has 3 amide bonds. The molecule has 2 aromatic carbocycles. The fourth-order valence-electron chi connectivity index (χ4n) is 3.08. The second kappa shape index (κ2) is 6.51. The number of nitrogens with zero attached hydrogens (tertiary/aromatic N) is 1. The normalized spacial score (nSPS) is 15.9. The Morgan fingerprint density at radius 1 is 1.12 bits per heavy atom. The Morgan fingerprint density at radius 2 is 1.92 bits per heavy atom. The van der Waals surface area contributed by atoms with Crippen molar-refractivity contribution in [3.05, 3.63) is 48.0 Å². The molecule has 1 fully saturated rings. The molecule has 2 aliphatic rings. The zero-order valence-corrected chi connectivity index (χ0v) is 14.0. The highest BCUT2D eigenvalue weighted by molar-refractivity contribution is 6.05. The van der Waals surface area contributed by atoms with Gasteiger partial charge in [0.2, 0.25) is 5.91 Å². The minimum atomic E-state index is -0.271. The molecule has 0 bridgehead atoms. The number of anilines is 3. The van der Waals surface area contributed by atoms with Gasteiger partial charge in [-0.3, -0.25) is 14.4 Å². The van der Waals surface area contributed by atoms with E-state index in [1.54, 1.807) is 47.4 Å². The van der Waals surface area contributed by atoms with Crippen LogP contribution in [0.2, 0.25) is 0 Å². The minimum Gasteiger partial charge on any atom is -0.482 e. The molecular formula is C19H17N3O4. The molecule has 132 valence electrons. The van der Waals surface area contributed by atoms with Gasteiger partial charge in [-0.1, -0.05) is 0 Å². The molecule has 26 heavy (non-hydrogen) atoms. The highest BCUT2D eigenvalue weighted by Gasteiger charge is 2.22. The van der Waals surface area contributed by atoms with Gasteiger partial charge in [-0.15, -0.1) is 0 Å². The molecule has 0 aromatic heterocycles. The lowest BCUT2D eigenvalue weighted by Gasteiger charge is -2.18. The zero-order valence-electron chi connectivity index (χ0n) is 14.0. The number of benzene rings is 2. The van der Waals surface area contributed by atoms with Crippen molar-refractivity contribution in [3.8, 4) is 5.75 Å². The first kappa shape index (κ1) is 16.1. The van der Waals surface area contributed by atoms with Crippen molar-refractivity contribution in [2.24, 2.45) is 0 Å². The Labute approximate surface area is 149 Å². The van der Waals surface area contributed by atoms with Crippen LogP contribution in [0.15, 0.2) is 42.5 Å². The van der Waals surface area contributed by atoms with E-state index in [0.29, 0.717) is 35.7 Å². The highest BCUT2D eigenvalue weighted by Crippen LogP contribution is 2.30. The number of rotatable bonds is 3. The quantitative estimate of drug-likeness (QED) is 0.889. The largest absolute Gasteiger partial charge is 0.482 e. The highest BCUT2D eigenvalue weighted by atomic mass is 16.5. The van der Waals surface area contributed by atoms with E-state index in [-0.39, 0.29) is 24.3 Å². The van der Waals surface area contributed by atoms with Crippen LogP contribution in [-0.4, -0.2) is 30.9 Å². The summed E-state index contributed by atoms with van der Waals surface area (Å²) in [6.45, 7) is 0.706. The van der Waals surface area contributed by atoms with E-state index < -0.39 is 0 Å². The van der Waals surface area contributed by atoms with Gasteiger partial charge in [0.1, 0.15) is 5.75 Å². The zero-order chi connectivity index (χ0) is 18.1. The van der Waals surface area contributed by atoms with Crippen molar-refractivity contribution in [1.82, 2.24) is 0 Å². The summed E-state index contributed by atoms with van der Waals surface area (Å²) in [5.41, 5.74) is 2.37. The lowest BCUT2D eigenvalue weighted by Crippen LogP contribution is -2.25. The summed E-state index contributed by atoms with van der Waals surface area (Å²) in [6, 6.07) is 12.0. The average Bonchev–Trinajstić information content (AvgIpc) is 3.07. The molecule has 0 saturated carbocycles. The van der Waals surface area contributed by atoms with Crippen LogP contribution in [0.25, 0.3) is 0 Å². The predicted molar refractivity (Wildman–Crippen MR) is 96.5 cm³/mol. The van der Waals surface area contributed by atoms with E-state index in [0.717, 1.165) is 12.1 Å². The summed E-state index contributed by atoms with van der Waals surface area (Å²) in [6.07, 6.45) is 1.43. The Morgan fingerprint density at radius 3 is 2.65 bits per heavy atom.